The molecule has 0 spiro atoms. The second kappa shape index (κ2) is 10.3. The van der Waals surface area contributed by atoms with Crippen LogP contribution in [-0.4, -0.2) is 49.0 Å². The Morgan fingerprint density at radius 2 is 1.70 bits per heavy atom. The summed E-state index contributed by atoms with van der Waals surface area (Å²) >= 11 is 0. The van der Waals surface area contributed by atoms with E-state index in [9.17, 15) is 9.59 Å². The van der Waals surface area contributed by atoms with Gasteiger partial charge in [0.1, 0.15) is 5.75 Å². The van der Waals surface area contributed by atoms with Crippen LogP contribution in [0.2, 0.25) is 0 Å². The molecule has 0 bridgehead atoms. The lowest BCUT2D eigenvalue weighted by Gasteiger charge is -2.35. The first-order valence-corrected chi connectivity index (χ1v) is 11.3. The van der Waals surface area contributed by atoms with Crippen molar-refractivity contribution >= 4 is 23.2 Å². The molecule has 172 valence electrons. The molecule has 1 fully saturated rings. The first-order chi connectivity index (χ1) is 16.0. The van der Waals surface area contributed by atoms with Crippen LogP contribution in [0.1, 0.15) is 41.2 Å². The summed E-state index contributed by atoms with van der Waals surface area (Å²) in [7, 11) is 0. The van der Waals surface area contributed by atoms with E-state index in [1.807, 2.05) is 48.2 Å². The SMILES string of the molecule is CC[C@@H](C)Oc1ccc(C(=O)Nc2ccc(N3CCN(C(=O)c4ccco4)CC3)cc2)cc1. The maximum atomic E-state index is 12.6. The Balaban J connectivity index is 1.29. The molecule has 2 heterocycles. The third-order valence-corrected chi connectivity index (χ3v) is 5.82. The Morgan fingerprint density at radius 1 is 1.00 bits per heavy atom. The lowest BCUT2D eigenvalue weighted by atomic mass is 10.2. The van der Waals surface area contributed by atoms with Gasteiger partial charge in [-0.25, -0.2) is 0 Å². The minimum atomic E-state index is -0.164. The fraction of sp³-hybridized carbons (Fsp3) is 0.308. The Labute approximate surface area is 193 Å². The number of anilines is 2. The molecule has 1 atom stereocenters. The molecule has 0 saturated carbocycles. The smallest absolute Gasteiger partial charge is 0.289 e. The number of carbonyl (C=O) groups excluding carboxylic acids is 2. The van der Waals surface area contributed by atoms with Crippen molar-refractivity contribution in [3.05, 3.63) is 78.3 Å². The van der Waals surface area contributed by atoms with Gasteiger partial charge < -0.3 is 24.3 Å². The zero-order valence-electron chi connectivity index (χ0n) is 19.0. The molecule has 4 rings (SSSR count). The van der Waals surface area contributed by atoms with Gasteiger partial charge in [0.15, 0.2) is 5.76 Å². The Hall–Kier alpha value is -3.74. The van der Waals surface area contributed by atoms with Crippen LogP contribution in [0.4, 0.5) is 11.4 Å². The van der Waals surface area contributed by atoms with E-state index >= 15 is 0 Å². The van der Waals surface area contributed by atoms with Gasteiger partial charge in [0.2, 0.25) is 0 Å². The summed E-state index contributed by atoms with van der Waals surface area (Å²) in [4.78, 5) is 29.0. The summed E-state index contributed by atoms with van der Waals surface area (Å²) in [5, 5.41) is 2.94. The zero-order chi connectivity index (χ0) is 23.2. The van der Waals surface area contributed by atoms with E-state index in [4.69, 9.17) is 9.15 Å². The van der Waals surface area contributed by atoms with Crippen LogP contribution in [0.15, 0.2) is 71.3 Å². The number of furan rings is 1. The topological polar surface area (TPSA) is 75.0 Å². The Kier molecular flexibility index (Phi) is 6.98. The van der Waals surface area contributed by atoms with E-state index in [1.54, 1.807) is 24.3 Å². The summed E-state index contributed by atoms with van der Waals surface area (Å²) in [6.45, 7) is 6.84. The second-order valence-electron chi connectivity index (χ2n) is 8.12. The molecule has 0 radical (unpaired) electrons. The Morgan fingerprint density at radius 3 is 2.30 bits per heavy atom. The highest BCUT2D eigenvalue weighted by Gasteiger charge is 2.23. The minimum absolute atomic E-state index is 0.0721. The van der Waals surface area contributed by atoms with Crippen molar-refractivity contribution in [2.24, 2.45) is 0 Å². The van der Waals surface area contributed by atoms with Crippen molar-refractivity contribution in [2.45, 2.75) is 26.4 Å². The van der Waals surface area contributed by atoms with Gasteiger partial charge in [-0.15, -0.1) is 0 Å². The van der Waals surface area contributed by atoms with Crippen molar-refractivity contribution < 1.29 is 18.7 Å². The molecule has 1 aromatic heterocycles. The summed E-state index contributed by atoms with van der Waals surface area (Å²) in [5.74, 6) is 0.900. The summed E-state index contributed by atoms with van der Waals surface area (Å²) in [6.07, 6.45) is 2.58. The predicted octanol–water partition coefficient (Wildman–Crippen LogP) is 4.67. The molecule has 2 amide bonds. The lowest BCUT2D eigenvalue weighted by molar-refractivity contribution is 0.0714. The van der Waals surface area contributed by atoms with Gasteiger partial charge in [0.05, 0.1) is 12.4 Å². The molecule has 1 aliphatic rings. The highest BCUT2D eigenvalue weighted by Crippen LogP contribution is 2.21. The number of carbonyl (C=O) groups is 2. The molecule has 2 aromatic carbocycles. The van der Waals surface area contributed by atoms with E-state index in [2.05, 4.69) is 17.1 Å². The highest BCUT2D eigenvalue weighted by molar-refractivity contribution is 6.04. The highest BCUT2D eigenvalue weighted by atomic mass is 16.5. The molecule has 0 aliphatic carbocycles. The number of nitrogens with zero attached hydrogens (tertiary/aromatic N) is 2. The minimum Gasteiger partial charge on any atom is -0.491 e. The van der Waals surface area contributed by atoms with Crippen LogP contribution in [0.3, 0.4) is 0 Å². The van der Waals surface area contributed by atoms with Crippen molar-refractivity contribution in [3.63, 3.8) is 0 Å². The average Bonchev–Trinajstić information content (AvgIpc) is 3.39. The van der Waals surface area contributed by atoms with Gasteiger partial charge in [-0.2, -0.15) is 0 Å². The summed E-state index contributed by atoms with van der Waals surface area (Å²) in [5.41, 5.74) is 2.37. The van der Waals surface area contributed by atoms with E-state index in [-0.39, 0.29) is 17.9 Å². The number of ether oxygens (including phenoxy) is 1. The van der Waals surface area contributed by atoms with Gasteiger partial charge in [0.25, 0.3) is 11.8 Å². The third-order valence-electron chi connectivity index (χ3n) is 5.82. The molecule has 33 heavy (non-hydrogen) atoms. The van der Waals surface area contributed by atoms with Crippen molar-refractivity contribution in [1.29, 1.82) is 0 Å². The van der Waals surface area contributed by atoms with Crippen LogP contribution < -0.4 is 15.0 Å². The summed E-state index contributed by atoms with van der Waals surface area (Å²) in [6, 6.07) is 18.4. The lowest BCUT2D eigenvalue weighted by Crippen LogP contribution is -2.48. The van der Waals surface area contributed by atoms with E-state index in [0.717, 1.165) is 36.6 Å². The quantitative estimate of drug-likeness (QED) is 0.570. The van der Waals surface area contributed by atoms with Crippen molar-refractivity contribution in [1.82, 2.24) is 4.90 Å². The van der Waals surface area contributed by atoms with E-state index in [1.165, 1.54) is 6.26 Å². The number of amides is 2. The zero-order valence-corrected chi connectivity index (χ0v) is 19.0. The molecule has 7 nitrogen and oxygen atoms in total. The fourth-order valence-corrected chi connectivity index (χ4v) is 3.68. The van der Waals surface area contributed by atoms with Gasteiger partial charge >= 0.3 is 0 Å². The number of piperazine rings is 1. The first kappa shape index (κ1) is 22.5. The van der Waals surface area contributed by atoms with Crippen molar-refractivity contribution in [2.75, 3.05) is 36.4 Å². The van der Waals surface area contributed by atoms with E-state index in [0.29, 0.717) is 24.4 Å². The van der Waals surface area contributed by atoms with Crippen LogP contribution >= 0.6 is 0 Å². The molecular formula is C26H29N3O4. The first-order valence-electron chi connectivity index (χ1n) is 11.3. The van der Waals surface area contributed by atoms with E-state index < -0.39 is 0 Å². The molecule has 3 aromatic rings. The fourth-order valence-electron chi connectivity index (χ4n) is 3.68. The number of nitrogens with one attached hydrogen (secondary N) is 1. The van der Waals surface area contributed by atoms with Crippen molar-refractivity contribution in [3.8, 4) is 5.75 Å². The number of hydrogen-bond donors (Lipinski definition) is 1. The van der Waals surface area contributed by atoms with Crippen LogP contribution in [0, 0.1) is 0 Å². The third kappa shape index (κ3) is 5.55. The normalized spacial score (nSPS) is 14.6. The number of hydrogen-bond acceptors (Lipinski definition) is 5. The van der Waals surface area contributed by atoms with Gasteiger partial charge in [0, 0.05) is 43.1 Å². The number of rotatable bonds is 7. The largest absolute Gasteiger partial charge is 0.491 e. The average molecular weight is 448 g/mol. The molecule has 1 N–H and O–H groups in total. The van der Waals surface area contributed by atoms with Gasteiger partial charge in [-0.1, -0.05) is 6.92 Å². The molecule has 0 unspecified atom stereocenters. The van der Waals surface area contributed by atoms with Crippen LogP contribution in [0.25, 0.3) is 0 Å². The molecule has 1 saturated heterocycles. The predicted molar refractivity (Wildman–Crippen MR) is 128 cm³/mol. The van der Waals surface area contributed by atoms with Crippen LogP contribution in [0.5, 0.6) is 5.75 Å². The molecule has 7 heteroatoms. The second-order valence-corrected chi connectivity index (χ2v) is 8.12. The summed E-state index contributed by atoms with van der Waals surface area (Å²) < 4.78 is 11.0. The monoisotopic (exact) mass is 447 g/mol. The molecule has 1 aliphatic heterocycles. The van der Waals surface area contributed by atoms with Gasteiger partial charge in [-0.05, 0) is 74.0 Å². The maximum Gasteiger partial charge on any atom is 0.289 e. The Bertz CT molecular complexity index is 1050. The maximum absolute atomic E-state index is 12.6. The standard InChI is InChI=1S/C26H29N3O4/c1-3-19(2)33-23-12-6-20(7-13-23)25(30)27-21-8-10-22(11-9-21)28-14-16-29(17-15-28)26(31)24-5-4-18-32-24/h4-13,18-19H,3,14-17H2,1-2H3,(H,27,30)/t19-/m1/s1. The van der Waals surface area contributed by atoms with Crippen LogP contribution in [-0.2, 0) is 0 Å². The number of benzene rings is 2. The molecular weight excluding hydrogens is 418 g/mol. The van der Waals surface area contributed by atoms with Gasteiger partial charge in [-0.3, -0.25) is 9.59 Å².